The van der Waals surface area contributed by atoms with E-state index in [0.29, 0.717) is 25.9 Å². The van der Waals surface area contributed by atoms with E-state index in [1.807, 2.05) is 32.0 Å². The number of sulfonamides is 1. The largest absolute Gasteiger partial charge is 0.496 e. The number of amides is 1. The minimum absolute atomic E-state index is 0.00784. The average molecular weight is 368 g/mol. The maximum atomic E-state index is 12.6. The van der Waals surface area contributed by atoms with Crippen molar-refractivity contribution >= 4 is 15.9 Å². The maximum absolute atomic E-state index is 12.6. The second-order valence-corrected chi connectivity index (χ2v) is 8.62. The van der Waals surface area contributed by atoms with E-state index in [9.17, 15) is 13.2 Å². The fourth-order valence-corrected chi connectivity index (χ4v) is 4.15. The molecule has 1 atom stereocenters. The molecule has 1 N–H and O–H groups in total. The average Bonchev–Trinajstić information content (AvgIpc) is 2.58. The van der Waals surface area contributed by atoms with Crippen LogP contribution in [0, 0.1) is 12.8 Å². The van der Waals surface area contributed by atoms with E-state index >= 15 is 0 Å². The third-order valence-corrected chi connectivity index (χ3v) is 6.14. The van der Waals surface area contributed by atoms with Crippen molar-refractivity contribution in [2.45, 2.75) is 39.2 Å². The number of methoxy groups -OCH3 is 1. The number of hydrogen-bond acceptors (Lipinski definition) is 4. The fraction of sp³-hybridized carbons (Fsp3) is 0.611. The molecule has 140 valence electrons. The predicted octanol–water partition coefficient (Wildman–Crippen LogP) is 2.24. The molecular weight excluding hydrogens is 340 g/mol. The summed E-state index contributed by atoms with van der Waals surface area (Å²) in [7, 11) is -1.52. The molecule has 0 aliphatic carbocycles. The molecule has 1 saturated heterocycles. The molecule has 2 rings (SSSR count). The predicted molar refractivity (Wildman–Crippen MR) is 98.0 cm³/mol. The van der Waals surface area contributed by atoms with Gasteiger partial charge in [0, 0.05) is 19.0 Å². The molecule has 1 aromatic rings. The van der Waals surface area contributed by atoms with Gasteiger partial charge >= 0.3 is 0 Å². The molecule has 0 spiro atoms. The molecule has 7 heteroatoms. The van der Waals surface area contributed by atoms with Crippen molar-refractivity contribution in [1.29, 1.82) is 0 Å². The highest BCUT2D eigenvalue weighted by Crippen LogP contribution is 2.26. The van der Waals surface area contributed by atoms with E-state index in [1.165, 1.54) is 10.6 Å². The highest BCUT2D eigenvalue weighted by molar-refractivity contribution is 7.88. The van der Waals surface area contributed by atoms with Crippen LogP contribution in [0.2, 0.25) is 0 Å². The van der Waals surface area contributed by atoms with Gasteiger partial charge < -0.3 is 10.1 Å². The Morgan fingerprint density at radius 3 is 2.48 bits per heavy atom. The molecule has 0 aromatic heterocycles. The van der Waals surface area contributed by atoms with Crippen molar-refractivity contribution in [3.05, 3.63) is 29.3 Å². The number of aryl methyl sites for hydroxylation is 1. The molecular formula is C18H28N2O4S. The normalized spacial score (nSPS) is 17.9. The third-order valence-electron chi connectivity index (χ3n) is 4.84. The molecule has 1 aliphatic rings. The maximum Gasteiger partial charge on any atom is 0.223 e. The highest BCUT2D eigenvalue weighted by Gasteiger charge is 2.29. The van der Waals surface area contributed by atoms with Crippen molar-refractivity contribution in [3.8, 4) is 5.75 Å². The summed E-state index contributed by atoms with van der Waals surface area (Å²) in [6, 6.07) is 5.89. The minimum Gasteiger partial charge on any atom is -0.496 e. The number of benzene rings is 1. The Morgan fingerprint density at radius 2 is 2.00 bits per heavy atom. The van der Waals surface area contributed by atoms with Gasteiger partial charge in [-0.05, 0) is 43.4 Å². The number of nitrogens with one attached hydrogen (secondary N) is 1. The lowest BCUT2D eigenvalue weighted by Crippen LogP contribution is -2.43. The lowest BCUT2D eigenvalue weighted by molar-refractivity contribution is -0.126. The van der Waals surface area contributed by atoms with Gasteiger partial charge in [-0.15, -0.1) is 0 Å². The van der Waals surface area contributed by atoms with E-state index in [4.69, 9.17) is 4.74 Å². The number of ether oxygens (including phenoxy) is 1. The molecule has 6 nitrogen and oxygen atoms in total. The van der Waals surface area contributed by atoms with Crippen LogP contribution in [-0.4, -0.2) is 45.1 Å². The smallest absolute Gasteiger partial charge is 0.223 e. The van der Waals surface area contributed by atoms with Crippen LogP contribution in [0.25, 0.3) is 0 Å². The van der Waals surface area contributed by atoms with E-state index in [2.05, 4.69) is 5.32 Å². The van der Waals surface area contributed by atoms with Crippen molar-refractivity contribution < 1.29 is 17.9 Å². The van der Waals surface area contributed by atoms with Gasteiger partial charge in [0.25, 0.3) is 0 Å². The zero-order valence-corrected chi connectivity index (χ0v) is 16.2. The van der Waals surface area contributed by atoms with Gasteiger partial charge in [0.2, 0.25) is 15.9 Å². The fourth-order valence-electron chi connectivity index (χ4n) is 3.28. The van der Waals surface area contributed by atoms with Crippen LogP contribution in [-0.2, 0) is 14.8 Å². The summed E-state index contributed by atoms with van der Waals surface area (Å²) in [5.41, 5.74) is 2.09. The first kappa shape index (κ1) is 19.7. The molecule has 0 bridgehead atoms. The standard InChI is InChI=1S/C18H28N2O4S/c1-5-16(15-6-7-17(24-3)13(2)12-15)19-18(21)14-8-10-20(11-9-14)25(4,22)23/h6-7,12,14,16H,5,8-11H2,1-4H3,(H,19,21). The summed E-state index contributed by atoms with van der Waals surface area (Å²) in [6.45, 7) is 4.85. The summed E-state index contributed by atoms with van der Waals surface area (Å²) in [4.78, 5) is 12.6. The van der Waals surface area contributed by atoms with Gasteiger partial charge in [0.15, 0.2) is 0 Å². The van der Waals surface area contributed by atoms with Gasteiger partial charge in [-0.2, -0.15) is 0 Å². The van der Waals surface area contributed by atoms with Crippen molar-refractivity contribution in [2.75, 3.05) is 26.5 Å². The first-order valence-corrected chi connectivity index (χ1v) is 10.5. The first-order chi connectivity index (χ1) is 11.8. The van der Waals surface area contributed by atoms with E-state index < -0.39 is 10.0 Å². The molecule has 1 unspecified atom stereocenters. The monoisotopic (exact) mass is 368 g/mol. The van der Waals surface area contributed by atoms with E-state index in [1.54, 1.807) is 7.11 Å². The number of hydrogen-bond donors (Lipinski definition) is 1. The van der Waals surface area contributed by atoms with Gasteiger partial charge in [-0.25, -0.2) is 12.7 Å². The van der Waals surface area contributed by atoms with Crippen LogP contribution in [0.4, 0.5) is 0 Å². The molecule has 1 aromatic carbocycles. The van der Waals surface area contributed by atoms with Crippen LogP contribution in [0.5, 0.6) is 5.75 Å². The SMILES string of the molecule is CCC(NC(=O)C1CCN(S(C)(=O)=O)CC1)c1ccc(OC)c(C)c1. The summed E-state index contributed by atoms with van der Waals surface area (Å²) >= 11 is 0. The van der Waals surface area contributed by atoms with Crippen molar-refractivity contribution in [3.63, 3.8) is 0 Å². The van der Waals surface area contributed by atoms with Crippen molar-refractivity contribution in [2.24, 2.45) is 5.92 Å². The van der Waals surface area contributed by atoms with Gasteiger partial charge in [-0.3, -0.25) is 4.79 Å². The van der Waals surface area contributed by atoms with E-state index in [0.717, 1.165) is 23.3 Å². The number of nitrogens with zero attached hydrogens (tertiary/aromatic N) is 1. The quantitative estimate of drug-likeness (QED) is 0.835. The third kappa shape index (κ3) is 4.95. The lowest BCUT2D eigenvalue weighted by Gasteiger charge is -2.30. The number of carbonyl (C=O) groups excluding carboxylic acids is 1. The van der Waals surface area contributed by atoms with Crippen LogP contribution >= 0.6 is 0 Å². The summed E-state index contributed by atoms with van der Waals surface area (Å²) in [5, 5.41) is 3.12. The molecule has 25 heavy (non-hydrogen) atoms. The van der Waals surface area contributed by atoms with Crippen LogP contribution in [0.1, 0.15) is 43.4 Å². The molecule has 1 aliphatic heterocycles. The Balaban J connectivity index is 2.00. The van der Waals surface area contributed by atoms with Crippen LogP contribution in [0.3, 0.4) is 0 Å². The number of carbonyl (C=O) groups is 1. The Morgan fingerprint density at radius 1 is 1.36 bits per heavy atom. The first-order valence-electron chi connectivity index (χ1n) is 8.66. The Kier molecular flexibility index (Phi) is 6.46. The summed E-state index contributed by atoms with van der Waals surface area (Å²) in [6.07, 6.45) is 3.14. The molecule has 0 radical (unpaired) electrons. The topological polar surface area (TPSA) is 75.7 Å². The molecule has 0 saturated carbocycles. The Bertz CT molecular complexity index is 710. The summed E-state index contributed by atoms with van der Waals surface area (Å²) < 4.78 is 29.9. The van der Waals surface area contributed by atoms with Gasteiger partial charge in [-0.1, -0.05) is 19.1 Å². The Labute approximate surface area is 150 Å². The lowest BCUT2D eigenvalue weighted by atomic mass is 9.95. The molecule has 1 heterocycles. The molecule has 1 amide bonds. The number of piperidine rings is 1. The second kappa shape index (κ2) is 8.19. The Hall–Kier alpha value is -1.60. The number of rotatable bonds is 6. The van der Waals surface area contributed by atoms with E-state index in [-0.39, 0.29) is 17.9 Å². The zero-order chi connectivity index (χ0) is 18.6. The zero-order valence-electron chi connectivity index (χ0n) is 15.4. The van der Waals surface area contributed by atoms with Gasteiger partial charge in [0.1, 0.15) is 5.75 Å². The van der Waals surface area contributed by atoms with Gasteiger partial charge in [0.05, 0.1) is 19.4 Å². The van der Waals surface area contributed by atoms with Crippen molar-refractivity contribution in [1.82, 2.24) is 9.62 Å². The highest BCUT2D eigenvalue weighted by atomic mass is 32.2. The van der Waals surface area contributed by atoms with Crippen LogP contribution in [0.15, 0.2) is 18.2 Å². The van der Waals surface area contributed by atoms with Crippen LogP contribution < -0.4 is 10.1 Å². The summed E-state index contributed by atoms with van der Waals surface area (Å²) in [5.74, 6) is 0.706. The molecule has 1 fully saturated rings. The minimum atomic E-state index is -3.17. The second-order valence-electron chi connectivity index (χ2n) is 6.63.